The molecule has 0 saturated carbocycles. The number of carbonyl (C=O) groups excluding carboxylic acids is 2. The summed E-state index contributed by atoms with van der Waals surface area (Å²) in [6, 6.07) is 14.7. The molecule has 1 fully saturated rings. The van der Waals surface area contributed by atoms with Crippen LogP contribution < -0.4 is 15.5 Å². The highest BCUT2D eigenvalue weighted by Crippen LogP contribution is 2.33. The lowest BCUT2D eigenvalue weighted by Gasteiger charge is -2.36. The van der Waals surface area contributed by atoms with Gasteiger partial charge in [0.25, 0.3) is 0 Å². The number of aliphatic carboxylic acids is 1. The van der Waals surface area contributed by atoms with E-state index in [1.165, 1.54) is 24.3 Å². The van der Waals surface area contributed by atoms with Gasteiger partial charge in [-0.2, -0.15) is 0 Å². The second-order valence-electron chi connectivity index (χ2n) is 7.56. The zero-order valence-electron chi connectivity index (χ0n) is 17.1. The number of carboxylic acid groups (broad SMARTS) is 1. The van der Waals surface area contributed by atoms with Crippen molar-refractivity contribution < 1.29 is 23.9 Å². The van der Waals surface area contributed by atoms with E-state index in [9.17, 15) is 23.9 Å². The molecule has 1 heterocycles. The van der Waals surface area contributed by atoms with Crippen LogP contribution in [0, 0.1) is 5.82 Å². The lowest BCUT2D eigenvalue weighted by molar-refractivity contribution is -0.141. The van der Waals surface area contributed by atoms with Gasteiger partial charge in [-0.3, -0.25) is 14.4 Å². The van der Waals surface area contributed by atoms with Crippen LogP contribution in [0.3, 0.4) is 0 Å². The first-order valence-corrected chi connectivity index (χ1v) is 10.2. The average molecular weight is 427 g/mol. The third-order valence-corrected chi connectivity index (χ3v) is 5.49. The van der Waals surface area contributed by atoms with Crippen LogP contribution in [0.4, 0.5) is 10.1 Å². The molecular formula is C23H26FN3O4. The molecule has 8 heteroatoms. The summed E-state index contributed by atoms with van der Waals surface area (Å²) in [5, 5.41) is 15.4. The van der Waals surface area contributed by atoms with E-state index in [1.54, 1.807) is 0 Å². The number of carbonyl (C=O) groups is 3. The molecule has 1 aliphatic heterocycles. The van der Waals surface area contributed by atoms with E-state index in [0.29, 0.717) is 37.9 Å². The quantitative estimate of drug-likeness (QED) is 0.377. The van der Waals surface area contributed by atoms with Crippen molar-refractivity contribution in [2.75, 3.05) is 24.7 Å². The first kappa shape index (κ1) is 22.4. The normalized spacial score (nSPS) is 18.1. The highest BCUT2D eigenvalue weighted by atomic mass is 19.1. The van der Waals surface area contributed by atoms with Crippen molar-refractivity contribution in [3.63, 3.8) is 0 Å². The molecule has 1 atom stereocenters. The monoisotopic (exact) mass is 427 g/mol. The predicted octanol–water partition coefficient (Wildman–Crippen LogP) is 2.58. The molecule has 1 unspecified atom stereocenters. The number of ketones is 1. The van der Waals surface area contributed by atoms with Gasteiger partial charge in [0.15, 0.2) is 5.78 Å². The van der Waals surface area contributed by atoms with E-state index < -0.39 is 11.5 Å². The number of anilines is 1. The topological polar surface area (TPSA) is 98.7 Å². The van der Waals surface area contributed by atoms with Gasteiger partial charge in [0.2, 0.25) is 5.91 Å². The molecule has 7 nitrogen and oxygen atoms in total. The number of Topliss-reactive ketones (excluding diaryl/α,β-unsaturated/α-hetero) is 1. The standard InChI is InChI=1S/C23H26FN3O4/c24-18-10-8-17(9-11-18)20(28)7-4-13-25-14-12-23(15-21(29)30)22(31)26-16-27(23)19-5-2-1-3-6-19/h1-3,5-6,8-11,25H,4,7,12-16H2,(H,26,31)(H,29,30). The van der Waals surface area contributed by atoms with Crippen LogP contribution >= 0.6 is 0 Å². The van der Waals surface area contributed by atoms with Crippen LogP contribution in [0.5, 0.6) is 0 Å². The van der Waals surface area contributed by atoms with E-state index in [0.717, 1.165) is 5.69 Å². The third-order valence-electron chi connectivity index (χ3n) is 5.49. The second-order valence-corrected chi connectivity index (χ2v) is 7.56. The number of hydrogen-bond donors (Lipinski definition) is 3. The third kappa shape index (κ3) is 5.46. The van der Waals surface area contributed by atoms with Gasteiger partial charge in [-0.25, -0.2) is 4.39 Å². The minimum Gasteiger partial charge on any atom is -0.481 e. The molecule has 1 saturated heterocycles. The van der Waals surface area contributed by atoms with E-state index in [-0.39, 0.29) is 30.6 Å². The van der Waals surface area contributed by atoms with Crippen LogP contribution in [-0.4, -0.2) is 48.1 Å². The number of halogens is 1. The lowest BCUT2D eigenvalue weighted by atomic mass is 9.89. The summed E-state index contributed by atoms with van der Waals surface area (Å²) >= 11 is 0. The Morgan fingerprint density at radius 3 is 2.48 bits per heavy atom. The Hall–Kier alpha value is -3.26. The first-order chi connectivity index (χ1) is 14.9. The smallest absolute Gasteiger partial charge is 0.306 e. The summed E-state index contributed by atoms with van der Waals surface area (Å²) in [4.78, 5) is 38.2. The number of benzene rings is 2. The van der Waals surface area contributed by atoms with Crippen molar-refractivity contribution in [2.24, 2.45) is 0 Å². The summed E-state index contributed by atoms with van der Waals surface area (Å²) in [5.41, 5.74) is 0.0827. The van der Waals surface area contributed by atoms with Crippen LogP contribution in [0.1, 0.15) is 36.0 Å². The number of carboxylic acids is 1. The lowest BCUT2D eigenvalue weighted by Crippen LogP contribution is -2.52. The second kappa shape index (κ2) is 10.2. The Morgan fingerprint density at radius 2 is 1.81 bits per heavy atom. The summed E-state index contributed by atoms with van der Waals surface area (Å²) in [6.45, 7) is 1.22. The van der Waals surface area contributed by atoms with Crippen molar-refractivity contribution in [3.8, 4) is 0 Å². The maximum Gasteiger partial charge on any atom is 0.306 e. The molecule has 0 aliphatic carbocycles. The maximum absolute atomic E-state index is 13.0. The summed E-state index contributed by atoms with van der Waals surface area (Å²) in [5.74, 6) is -1.78. The van der Waals surface area contributed by atoms with E-state index in [4.69, 9.17) is 0 Å². The molecule has 31 heavy (non-hydrogen) atoms. The van der Waals surface area contributed by atoms with Crippen LogP contribution in [0.2, 0.25) is 0 Å². The van der Waals surface area contributed by atoms with Crippen molar-refractivity contribution in [3.05, 3.63) is 66.0 Å². The number of amides is 1. The minimum atomic E-state index is -1.18. The van der Waals surface area contributed by atoms with Crippen molar-refractivity contribution >= 4 is 23.3 Å². The number of rotatable bonds is 11. The molecule has 164 valence electrons. The highest BCUT2D eigenvalue weighted by Gasteiger charge is 2.49. The van der Waals surface area contributed by atoms with Crippen LogP contribution in [0.25, 0.3) is 0 Å². The minimum absolute atomic E-state index is 0.0606. The van der Waals surface area contributed by atoms with Gasteiger partial charge in [0.1, 0.15) is 11.4 Å². The maximum atomic E-state index is 13.0. The Kier molecular flexibility index (Phi) is 7.36. The van der Waals surface area contributed by atoms with Gasteiger partial charge in [0, 0.05) is 17.7 Å². The summed E-state index contributed by atoms with van der Waals surface area (Å²) < 4.78 is 13.0. The summed E-state index contributed by atoms with van der Waals surface area (Å²) in [7, 11) is 0. The molecule has 2 aromatic carbocycles. The molecule has 3 N–H and O–H groups in total. The molecule has 1 aliphatic rings. The first-order valence-electron chi connectivity index (χ1n) is 10.2. The van der Waals surface area contributed by atoms with E-state index in [2.05, 4.69) is 10.6 Å². The van der Waals surface area contributed by atoms with Gasteiger partial charge < -0.3 is 20.6 Å². The zero-order valence-corrected chi connectivity index (χ0v) is 17.1. The van der Waals surface area contributed by atoms with Crippen molar-refractivity contribution in [1.82, 2.24) is 10.6 Å². The Balaban J connectivity index is 1.54. The van der Waals surface area contributed by atoms with Gasteiger partial charge in [-0.05, 0) is 62.3 Å². The SMILES string of the molecule is O=C(O)CC1(CCNCCCC(=O)c2ccc(F)cc2)C(=O)NCN1c1ccccc1. The van der Waals surface area contributed by atoms with E-state index >= 15 is 0 Å². The van der Waals surface area contributed by atoms with E-state index in [1.807, 2.05) is 35.2 Å². The van der Waals surface area contributed by atoms with Crippen LogP contribution in [-0.2, 0) is 9.59 Å². The molecule has 0 radical (unpaired) electrons. The number of para-hydroxylation sites is 1. The fraction of sp³-hybridized carbons (Fsp3) is 0.348. The van der Waals surface area contributed by atoms with Gasteiger partial charge in [0.05, 0.1) is 13.1 Å². The predicted molar refractivity (Wildman–Crippen MR) is 114 cm³/mol. The Bertz CT molecular complexity index is 920. The van der Waals surface area contributed by atoms with Gasteiger partial charge in [-0.15, -0.1) is 0 Å². The molecule has 0 spiro atoms. The average Bonchev–Trinajstić information content (AvgIpc) is 3.07. The zero-order chi connectivity index (χ0) is 22.3. The Morgan fingerprint density at radius 1 is 1.10 bits per heavy atom. The summed E-state index contributed by atoms with van der Waals surface area (Å²) in [6.07, 6.45) is 0.899. The van der Waals surface area contributed by atoms with Crippen LogP contribution in [0.15, 0.2) is 54.6 Å². The number of nitrogens with zero attached hydrogens (tertiary/aromatic N) is 1. The number of hydrogen-bond acceptors (Lipinski definition) is 5. The Labute approximate surface area is 180 Å². The number of nitrogens with one attached hydrogen (secondary N) is 2. The molecule has 1 amide bonds. The van der Waals surface area contributed by atoms with Gasteiger partial charge in [-0.1, -0.05) is 18.2 Å². The van der Waals surface area contributed by atoms with Gasteiger partial charge >= 0.3 is 5.97 Å². The molecule has 0 bridgehead atoms. The molecule has 2 aromatic rings. The van der Waals surface area contributed by atoms with Crippen molar-refractivity contribution in [2.45, 2.75) is 31.2 Å². The fourth-order valence-corrected chi connectivity index (χ4v) is 3.87. The molecular weight excluding hydrogens is 401 g/mol. The van der Waals surface area contributed by atoms with Crippen molar-refractivity contribution in [1.29, 1.82) is 0 Å². The molecule has 3 rings (SSSR count). The fourth-order valence-electron chi connectivity index (χ4n) is 3.87. The highest BCUT2D eigenvalue weighted by molar-refractivity contribution is 5.97. The largest absolute Gasteiger partial charge is 0.481 e. The molecule has 0 aromatic heterocycles.